The predicted octanol–water partition coefficient (Wildman–Crippen LogP) is 3.64. The lowest BCUT2D eigenvalue weighted by molar-refractivity contribution is -0.153. The molecule has 0 saturated heterocycles. The number of methoxy groups -OCH3 is 1. The van der Waals surface area contributed by atoms with Crippen LogP contribution in [0.2, 0.25) is 0 Å². The van der Waals surface area contributed by atoms with Crippen LogP contribution in [0.3, 0.4) is 0 Å². The summed E-state index contributed by atoms with van der Waals surface area (Å²) in [7, 11) is 1.19. The second-order valence-corrected chi connectivity index (χ2v) is 12.4. The lowest BCUT2D eigenvalue weighted by Gasteiger charge is -2.31. The molecule has 0 bridgehead atoms. The molecule has 41 heavy (non-hydrogen) atoms. The average molecular weight is 576 g/mol. The monoisotopic (exact) mass is 575 g/mol. The molecule has 0 heterocycles. The Labute approximate surface area is 244 Å². The van der Waals surface area contributed by atoms with E-state index < -0.39 is 53.7 Å². The molecule has 10 nitrogen and oxygen atoms in total. The molecule has 10 heteroatoms. The number of hydrogen-bond donors (Lipinski definition) is 4. The third kappa shape index (κ3) is 12.5. The Morgan fingerprint density at radius 2 is 1.54 bits per heavy atom. The highest BCUT2D eigenvalue weighted by molar-refractivity contribution is 5.92. The lowest BCUT2D eigenvalue weighted by atomic mass is 9.83. The molecule has 0 aliphatic heterocycles. The highest BCUT2D eigenvalue weighted by Crippen LogP contribution is 2.28. The number of rotatable bonds is 13. The van der Waals surface area contributed by atoms with Gasteiger partial charge in [0.1, 0.15) is 17.7 Å². The van der Waals surface area contributed by atoms with Gasteiger partial charge in [-0.1, -0.05) is 76.3 Å². The Morgan fingerprint density at radius 1 is 0.927 bits per heavy atom. The summed E-state index contributed by atoms with van der Waals surface area (Å²) in [5.41, 5.74) is 0.0634. The van der Waals surface area contributed by atoms with Crippen LogP contribution in [0.15, 0.2) is 30.3 Å². The number of amides is 3. The molecule has 1 aliphatic rings. The second kappa shape index (κ2) is 16.3. The predicted molar refractivity (Wildman–Crippen MR) is 156 cm³/mol. The van der Waals surface area contributed by atoms with E-state index >= 15 is 0 Å². The van der Waals surface area contributed by atoms with Gasteiger partial charge < -0.3 is 30.5 Å². The number of carbonyl (C=O) groups excluding carboxylic acids is 4. The first-order chi connectivity index (χ1) is 19.3. The second-order valence-electron chi connectivity index (χ2n) is 12.4. The van der Waals surface area contributed by atoms with Crippen LogP contribution in [-0.2, 0) is 30.3 Å². The highest BCUT2D eigenvalue weighted by Gasteiger charge is 2.35. The standard InChI is InChI=1S/C31H49N3O7/c1-20(2)17-24(27(36)32-23(26(35)29(38)40-6)18-21-13-9-7-10-14-21)33-28(37)25(19-22-15-11-8-12-16-22)34-30(39)41-31(3,4)5/h8,11-12,15-16,20-21,23-26,35H,7,9-10,13-14,17-19H2,1-6H3,(H,32,36)(H,33,37)(H,34,39)/t23-,24?,25-,26?/m0/s1. The smallest absolute Gasteiger partial charge is 0.408 e. The molecule has 1 aromatic rings. The van der Waals surface area contributed by atoms with Crippen molar-refractivity contribution in [1.82, 2.24) is 16.0 Å². The number of carbonyl (C=O) groups is 4. The van der Waals surface area contributed by atoms with Crippen LogP contribution in [0.5, 0.6) is 0 Å². The number of nitrogens with one attached hydrogen (secondary N) is 3. The fourth-order valence-corrected chi connectivity index (χ4v) is 5.10. The number of esters is 1. The first kappa shape index (κ1) is 34.1. The molecule has 1 saturated carbocycles. The maximum absolute atomic E-state index is 13.6. The molecule has 4 N–H and O–H groups in total. The van der Waals surface area contributed by atoms with Crippen LogP contribution < -0.4 is 16.0 Å². The van der Waals surface area contributed by atoms with Crippen molar-refractivity contribution in [3.63, 3.8) is 0 Å². The third-order valence-electron chi connectivity index (χ3n) is 7.09. The SMILES string of the molecule is COC(=O)C(O)[C@H](CC1CCCCC1)NC(=O)C(CC(C)C)NC(=O)[C@H](Cc1ccccc1)NC(=O)OC(C)(C)C. The van der Waals surface area contributed by atoms with Gasteiger partial charge in [-0.05, 0) is 51.0 Å². The summed E-state index contributed by atoms with van der Waals surface area (Å²) in [6, 6.07) is 6.41. The van der Waals surface area contributed by atoms with Crippen molar-refractivity contribution in [1.29, 1.82) is 0 Å². The van der Waals surface area contributed by atoms with Gasteiger partial charge >= 0.3 is 12.1 Å². The van der Waals surface area contributed by atoms with Crippen LogP contribution >= 0.6 is 0 Å². The Bertz CT molecular complexity index is 987. The Morgan fingerprint density at radius 3 is 2.10 bits per heavy atom. The van der Waals surface area contributed by atoms with E-state index in [0.29, 0.717) is 12.8 Å². The number of hydrogen-bond acceptors (Lipinski definition) is 7. The summed E-state index contributed by atoms with van der Waals surface area (Å²) in [4.78, 5) is 51.9. The van der Waals surface area contributed by atoms with Crippen molar-refractivity contribution in [2.75, 3.05) is 7.11 Å². The minimum absolute atomic E-state index is 0.0414. The van der Waals surface area contributed by atoms with E-state index in [1.165, 1.54) is 7.11 Å². The number of benzene rings is 1. The summed E-state index contributed by atoms with van der Waals surface area (Å²) in [5, 5.41) is 19.0. The van der Waals surface area contributed by atoms with Crippen molar-refractivity contribution in [3.05, 3.63) is 35.9 Å². The van der Waals surface area contributed by atoms with E-state index in [4.69, 9.17) is 9.47 Å². The van der Waals surface area contributed by atoms with Gasteiger partial charge in [0.05, 0.1) is 13.2 Å². The summed E-state index contributed by atoms with van der Waals surface area (Å²) in [6.45, 7) is 9.04. The largest absolute Gasteiger partial charge is 0.467 e. The van der Waals surface area contributed by atoms with Crippen LogP contribution in [0.4, 0.5) is 4.79 Å². The number of alkyl carbamates (subject to hydrolysis) is 1. The van der Waals surface area contributed by atoms with Gasteiger partial charge in [-0.15, -0.1) is 0 Å². The highest BCUT2D eigenvalue weighted by atomic mass is 16.6. The van der Waals surface area contributed by atoms with Gasteiger partial charge in [0.15, 0.2) is 6.10 Å². The fourth-order valence-electron chi connectivity index (χ4n) is 5.10. The van der Waals surface area contributed by atoms with Crippen LogP contribution in [0, 0.1) is 11.8 Å². The van der Waals surface area contributed by atoms with E-state index in [9.17, 15) is 24.3 Å². The number of aliphatic hydroxyl groups is 1. The van der Waals surface area contributed by atoms with Gasteiger partial charge in [0.2, 0.25) is 11.8 Å². The molecule has 3 amide bonds. The van der Waals surface area contributed by atoms with E-state index in [-0.39, 0.29) is 18.3 Å². The molecular weight excluding hydrogens is 526 g/mol. The van der Waals surface area contributed by atoms with Gasteiger partial charge in [0, 0.05) is 6.42 Å². The van der Waals surface area contributed by atoms with Crippen LogP contribution in [-0.4, -0.2) is 65.9 Å². The van der Waals surface area contributed by atoms with Gasteiger partial charge in [-0.3, -0.25) is 9.59 Å². The van der Waals surface area contributed by atoms with Crippen molar-refractivity contribution in [2.45, 2.75) is 116 Å². The zero-order chi connectivity index (χ0) is 30.6. The summed E-state index contributed by atoms with van der Waals surface area (Å²) in [5.74, 6) is -1.57. The minimum Gasteiger partial charge on any atom is -0.467 e. The Hall–Kier alpha value is -3.14. The zero-order valence-corrected chi connectivity index (χ0v) is 25.4. The zero-order valence-electron chi connectivity index (χ0n) is 25.4. The quantitative estimate of drug-likeness (QED) is 0.263. The topological polar surface area (TPSA) is 143 Å². The summed E-state index contributed by atoms with van der Waals surface area (Å²) in [6.07, 6.45) is 3.87. The summed E-state index contributed by atoms with van der Waals surface area (Å²) >= 11 is 0. The van der Waals surface area contributed by atoms with Crippen LogP contribution in [0.25, 0.3) is 0 Å². The molecule has 1 aromatic carbocycles. The molecule has 4 atom stereocenters. The molecule has 0 radical (unpaired) electrons. The molecule has 0 spiro atoms. The number of ether oxygens (including phenoxy) is 2. The number of aliphatic hydroxyl groups excluding tert-OH is 1. The van der Waals surface area contributed by atoms with E-state index in [2.05, 4.69) is 16.0 Å². The van der Waals surface area contributed by atoms with Crippen molar-refractivity contribution >= 4 is 23.9 Å². The lowest BCUT2D eigenvalue weighted by Crippen LogP contribution is -2.58. The van der Waals surface area contributed by atoms with Crippen molar-refractivity contribution < 1.29 is 33.8 Å². The van der Waals surface area contributed by atoms with Crippen molar-refractivity contribution in [3.8, 4) is 0 Å². The molecule has 1 fully saturated rings. The maximum Gasteiger partial charge on any atom is 0.408 e. The Balaban J connectivity index is 2.23. The van der Waals surface area contributed by atoms with Crippen LogP contribution in [0.1, 0.15) is 85.1 Å². The molecule has 1 aliphatic carbocycles. The molecular formula is C31H49N3O7. The van der Waals surface area contributed by atoms with Gasteiger partial charge in [0.25, 0.3) is 0 Å². The molecule has 2 rings (SSSR count). The first-order valence-corrected chi connectivity index (χ1v) is 14.7. The van der Waals surface area contributed by atoms with Gasteiger partial charge in [-0.2, -0.15) is 0 Å². The normalized spacial score (nSPS) is 17.1. The van der Waals surface area contributed by atoms with E-state index in [0.717, 1.165) is 37.7 Å². The fraction of sp³-hybridized carbons (Fsp3) is 0.677. The molecule has 0 aromatic heterocycles. The Kier molecular flexibility index (Phi) is 13.6. The maximum atomic E-state index is 13.6. The summed E-state index contributed by atoms with van der Waals surface area (Å²) < 4.78 is 10.1. The van der Waals surface area contributed by atoms with Crippen molar-refractivity contribution in [2.24, 2.45) is 11.8 Å². The van der Waals surface area contributed by atoms with E-state index in [1.54, 1.807) is 20.8 Å². The molecule has 230 valence electrons. The average Bonchev–Trinajstić information content (AvgIpc) is 2.90. The van der Waals surface area contributed by atoms with E-state index in [1.807, 2.05) is 44.2 Å². The first-order valence-electron chi connectivity index (χ1n) is 14.7. The third-order valence-corrected chi connectivity index (χ3v) is 7.09. The minimum atomic E-state index is -1.53. The molecule has 2 unspecified atom stereocenters. The van der Waals surface area contributed by atoms with Gasteiger partial charge in [-0.25, -0.2) is 9.59 Å².